The molecule has 0 amide bonds. The van der Waals surface area contributed by atoms with Gasteiger partial charge in [-0.3, -0.25) is 0 Å². The molecule has 1 nitrogen and oxygen atoms in total. The third kappa shape index (κ3) is 2.43. The number of hydrogen-bond acceptors (Lipinski definition) is 1. The third-order valence-electron chi connectivity index (χ3n) is 2.14. The van der Waals surface area contributed by atoms with Crippen LogP contribution in [0.25, 0.3) is 0 Å². The van der Waals surface area contributed by atoms with E-state index in [0.717, 1.165) is 12.8 Å². The van der Waals surface area contributed by atoms with Gasteiger partial charge in [-0.2, -0.15) is 0 Å². The zero-order chi connectivity index (χ0) is 6.69. The summed E-state index contributed by atoms with van der Waals surface area (Å²) in [4.78, 5) is 0. The molecule has 2 N–H and O–H groups in total. The van der Waals surface area contributed by atoms with Gasteiger partial charge in [0.1, 0.15) is 6.17 Å². The van der Waals surface area contributed by atoms with Gasteiger partial charge in [-0.25, -0.2) is 4.39 Å². The maximum atomic E-state index is 12.7. The number of rotatable bonds is 2. The molecule has 0 saturated heterocycles. The van der Waals surface area contributed by atoms with Crippen LogP contribution in [0.3, 0.4) is 0 Å². The van der Waals surface area contributed by atoms with E-state index in [4.69, 9.17) is 5.73 Å². The van der Waals surface area contributed by atoms with Crippen molar-refractivity contribution in [2.75, 3.05) is 6.54 Å². The highest BCUT2D eigenvalue weighted by molar-refractivity contribution is 5.85. The Bertz CT molecular complexity index is 83.7. The molecule has 1 rings (SSSR count). The summed E-state index contributed by atoms with van der Waals surface area (Å²) >= 11 is 0. The quantitative estimate of drug-likeness (QED) is 0.668. The first-order chi connectivity index (χ1) is 4.34. The first-order valence-electron chi connectivity index (χ1n) is 3.68. The summed E-state index contributed by atoms with van der Waals surface area (Å²) in [7, 11) is 0. The van der Waals surface area contributed by atoms with E-state index in [0.29, 0.717) is 0 Å². The van der Waals surface area contributed by atoms with Crippen LogP contribution in [-0.4, -0.2) is 12.7 Å². The molecule has 1 atom stereocenters. The predicted octanol–water partition coefficient (Wildman–Crippen LogP) is 1.90. The monoisotopic (exact) mass is 167 g/mol. The van der Waals surface area contributed by atoms with Gasteiger partial charge in [-0.05, 0) is 18.8 Å². The Morgan fingerprint density at radius 2 is 1.90 bits per heavy atom. The molecule has 0 aliphatic heterocycles. The number of nitrogens with two attached hydrogens (primary N) is 1. The highest BCUT2D eigenvalue weighted by Crippen LogP contribution is 2.28. The second kappa shape index (κ2) is 4.91. The first kappa shape index (κ1) is 10.2. The van der Waals surface area contributed by atoms with Crippen LogP contribution in [0, 0.1) is 5.92 Å². The van der Waals surface area contributed by atoms with Gasteiger partial charge in [0.2, 0.25) is 0 Å². The molecule has 0 heterocycles. The molecular formula is C7H15ClFN. The van der Waals surface area contributed by atoms with Crippen LogP contribution in [0.5, 0.6) is 0 Å². The molecule has 10 heavy (non-hydrogen) atoms. The van der Waals surface area contributed by atoms with Crippen molar-refractivity contribution in [2.24, 2.45) is 11.7 Å². The Morgan fingerprint density at radius 3 is 2.30 bits per heavy atom. The number of halogens is 2. The van der Waals surface area contributed by atoms with Crippen LogP contribution in [-0.2, 0) is 0 Å². The lowest BCUT2D eigenvalue weighted by Crippen LogP contribution is -2.22. The second-order valence-electron chi connectivity index (χ2n) is 2.80. The second-order valence-corrected chi connectivity index (χ2v) is 2.80. The lowest BCUT2D eigenvalue weighted by molar-refractivity contribution is 0.238. The average molecular weight is 168 g/mol. The molecule has 0 aromatic heterocycles. The van der Waals surface area contributed by atoms with Crippen molar-refractivity contribution in [3.05, 3.63) is 0 Å². The SMILES string of the molecule is Cl.NCC(F)C1CCCC1. The largest absolute Gasteiger partial charge is 0.328 e. The highest BCUT2D eigenvalue weighted by Gasteiger charge is 2.22. The van der Waals surface area contributed by atoms with Gasteiger partial charge in [0, 0.05) is 6.54 Å². The topological polar surface area (TPSA) is 26.0 Å². The molecule has 0 bridgehead atoms. The average Bonchev–Trinajstić information content (AvgIpc) is 2.37. The molecule has 0 radical (unpaired) electrons. The van der Waals surface area contributed by atoms with Gasteiger partial charge in [0.05, 0.1) is 0 Å². The zero-order valence-electron chi connectivity index (χ0n) is 6.05. The van der Waals surface area contributed by atoms with Gasteiger partial charge in [-0.1, -0.05) is 12.8 Å². The molecule has 0 aromatic rings. The fourth-order valence-electron chi connectivity index (χ4n) is 1.51. The van der Waals surface area contributed by atoms with Crippen molar-refractivity contribution >= 4 is 12.4 Å². The van der Waals surface area contributed by atoms with Crippen molar-refractivity contribution in [3.8, 4) is 0 Å². The van der Waals surface area contributed by atoms with Crippen LogP contribution in [0.1, 0.15) is 25.7 Å². The van der Waals surface area contributed by atoms with Gasteiger partial charge in [-0.15, -0.1) is 12.4 Å². The van der Waals surface area contributed by atoms with Gasteiger partial charge in [0.25, 0.3) is 0 Å². The van der Waals surface area contributed by atoms with E-state index in [2.05, 4.69) is 0 Å². The molecule has 0 spiro atoms. The zero-order valence-corrected chi connectivity index (χ0v) is 6.87. The normalized spacial score (nSPS) is 22.2. The Kier molecular flexibility index (Phi) is 5.00. The van der Waals surface area contributed by atoms with Crippen molar-refractivity contribution in [2.45, 2.75) is 31.9 Å². The van der Waals surface area contributed by atoms with Crippen LogP contribution in [0.15, 0.2) is 0 Å². The Morgan fingerprint density at radius 1 is 1.40 bits per heavy atom. The summed E-state index contributed by atoms with van der Waals surface area (Å²) in [5.41, 5.74) is 5.18. The fraction of sp³-hybridized carbons (Fsp3) is 1.00. The smallest absolute Gasteiger partial charge is 0.115 e. The maximum absolute atomic E-state index is 12.7. The molecular weight excluding hydrogens is 153 g/mol. The maximum Gasteiger partial charge on any atom is 0.115 e. The Balaban J connectivity index is 0.000000810. The van der Waals surface area contributed by atoms with Gasteiger partial charge in [0.15, 0.2) is 0 Å². The first-order valence-corrected chi connectivity index (χ1v) is 3.68. The van der Waals surface area contributed by atoms with Crippen molar-refractivity contribution in [1.82, 2.24) is 0 Å². The van der Waals surface area contributed by atoms with Crippen molar-refractivity contribution in [3.63, 3.8) is 0 Å². The summed E-state index contributed by atoms with van der Waals surface area (Å²) in [6.45, 7) is 0.213. The Labute approximate surface area is 67.6 Å². The minimum Gasteiger partial charge on any atom is -0.328 e. The molecule has 1 aliphatic rings. The molecule has 3 heteroatoms. The van der Waals surface area contributed by atoms with E-state index in [1.165, 1.54) is 12.8 Å². The van der Waals surface area contributed by atoms with Crippen LogP contribution in [0.4, 0.5) is 4.39 Å². The van der Waals surface area contributed by atoms with Gasteiger partial charge >= 0.3 is 0 Å². The molecule has 62 valence electrons. The molecule has 1 unspecified atom stereocenters. The summed E-state index contributed by atoms with van der Waals surface area (Å²) in [5, 5.41) is 0. The standard InChI is InChI=1S/C7H14FN.ClH/c8-7(5-9)6-3-1-2-4-6;/h6-7H,1-5,9H2;1H. The van der Waals surface area contributed by atoms with Gasteiger partial charge < -0.3 is 5.73 Å². The summed E-state index contributed by atoms with van der Waals surface area (Å²) < 4.78 is 12.7. The fourth-order valence-corrected chi connectivity index (χ4v) is 1.51. The summed E-state index contributed by atoms with van der Waals surface area (Å²) in [6.07, 6.45) is 3.78. The van der Waals surface area contributed by atoms with Crippen LogP contribution < -0.4 is 5.73 Å². The Hall–Kier alpha value is 0.180. The highest BCUT2D eigenvalue weighted by atomic mass is 35.5. The minimum absolute atomic E-state index is 0. The summed E-state index contributed by atoms with van der Waals surface area (Å²) in [5.74, 6) is 0.287. The molecule has 1 aliphatic carbocycles. The number of alkyl halides is 1. The summed E-state index contributed by atoms with van der Waals surface area (Å²) in [6, 6.07) is 0. The van der Waals surface area contributed by atoms with E-state index >= 15 is 0 Å². The van der Waals surface area contributed by atoms with Crippen molar-refractivity contribution in [1.29, 1.82) is 0 Å². The van der Waals surface area contributed by atoms with E-state index in [1.807, 2.05) is 0 Å². The van der Waals surface area contributed by atoms with Crippen molar-refractivity contribution < 1.29 is 4.39 Å². The molecule has 0 aromatic carbocycles. The third-order valence-corrected chi connectivity index (χ3v) is 2.14. The van der Waals surface area contributed by atoms with E-state index in [1.54, 1.807) is 0 Å². The molecule has 1 saturated carbocycles. The minimum atomic E-state index is -0.729. The van der Waals surface area contributed by atoms with Crippen LogP contribution >= 0.6 is 12.4 Å². The van der Waals surface area contributed by atoms with E-state index < -0.39 is 6.17 Å². The molecule has 1 fully saturated rings. The van der Waals surface area contributed by atoms with E-state index in [9.17, 15) is 4.39 Å². The lowest BCUT2D eigenvalue weighted by Gasteiger charge is -2.11. The lowest BCUT2D eigenvalue weighted by atomic mass is 10.0. The predicted molar refractivity (Wildman–Crippen MR) is 43.2 cm³/mol. The van der Waals surface area contributed by atoms with Crippen LogP contribution in [0.2, 0.25) is 0 Å². The van der Waals surface area contributed by atoms with E-state index in [-0.39, 0.29) is 24.9 Å². The number of hydrogen-bond donors (Lipinski definition) is 1.